The molecule has 1 atom stereocenters. The van der Waals surface area contributed by atoms with E-state index in [4.69, 9.17) is 11.6 Å². The second-order valence-corrected chi connectivity index (χ2v) is 13.2. The second kappa shape index (κ2) is 13.5. The third-order valence-corrected chi connectivity index (χ3v) is 9.14. The van der Waals surface area contributed by atoms with E-state index in [2.05, 4.69) is 5.32 Å². The summed E-state index contributed by atoms with van der Waals surface area (Å²) in [6, 6.07) is 21.3. The van der Waals surface area contributed by atoms with Gasteiger partial charge in [0.1, 0.15) is 12.6 Å². The Kier molecular flexibility index (Phi) is 10.1. The summed E-state index contributed by atoms with van der Waals surface area (Å²) in [5.74, 6) is -0.700. The van der Waals surface area contributed by atoms with Gasteiger partial charge in [-0.25, -0.2) is 8.42 Å². The van der Waals surface area contributed by atoms with Crippen LogP contribution in [0.4, 0.5) is 5.69 Å². The maximum absolute atomic E-state index is 14.2. The predicted molar refractivity (Wildman–Crippen MR) is 164 cm³/mol. The van der Waals surface area contributed by atoms with Gasteiger partial charge < -0.3 is 10.2 Å². The van der Waals surface area contributed by atoms with Crippen LogP contribution in [0.3, 0.4) is 0 Å². The Hall–Kier alpha value is -3.36. The zero-order valence-electron chi connectivity index (χ0n) is 23.8. The lowest BCUT2D eigenvalue weighted by Crippen LogP contribution is -2.54. The summed E-state index contributed by atoms with van der Waals surface area (Å²) in [5.41, 5.74) is 3.83. The molecular formula is C32H38ClN3O4S. The number of rotatable bonds is 11. The van der Waals surface area contributed by atoms with Gasteiger partial charge in [-0.1, -0.05) is 79.0 Å². The number of halogens is 1. The molecule has 1 aliphatic carbocycles. The summed E-state index contributed by atoms with van der Waals surface area (Å²) < 4.78 is 27.2. The van der Waals surface area contributed by atoms with Crippen LogP contribution in [-0.2, 0) is 32.6 Å². The second-order valence-electron chi connectivity index (χ2n) is 10.8. The molecular weight excluding hydrogens is 558 g/mol. The topological polar surface area (TPSA) is 86.8 Å². The number of amides is 2. The smallest absolute Gasteiger partial charge is 0.244 e. The third kappa shape index (κ3) is 8.11. The molecule has 41 heavy (non-hydrogen) atoms. The molecule has 0 unspecified atom stereocenters. The van der Waals surface area contributed by atoms with E-state index < -0.39 is 28.5 Å². The quantitative estimate of drug-likeness (QED) is 0.321. The van der Waals surface area contributed by atoms with Gasteiger partial charge >= 0.3 is 0 Å². The largest absolute Gasteiger partial charge is 0.352 e. The van der Waals surface area contributed by atoms with E-state index in [0.717, 1.165) is 58.5 Å². The first-order valence-electron chi connectivity index (χ1n) is 13.9. The molecule has 0 aliphatic heterocycles. The van der Waals surface area contributed by atoms with Gasteiger partial charge in [-0.15, -0.1) is 0 Å². The van der Waals surface area contributed by atoms with Crippen molar-refractivity contribution >= 4 is 39.1 Å². The lowest BCUT2D eigenvalue weighted by atomic mass is 10.0. The molecule has 1 fully saturated rings. The highest BCUT2D eigenvalue weighted by molar-refractivity contribution is 7.92. The van der Waals surface area contributed by atoms with Gasteiger partial charge in [0.25, 0.3) is 0 Å². The van der Waals surface area contributed by atoms with E-state index in [1.165, 1.54) is 4.90 Å². The number of hydrogen-bond acceptors (Lipinski definition) is 4. The van der Waals surface area contributed by atoms with Gasteiger partial charge in [-0.2, -0.15) is 0 Å². The molecule has 0 heterocycles. The van der Waals surface area contributed by atoms with Crippen molar-refractivity contribution in [1.82, 2.24) is 10.2 Å². The summed E-state index contributed by atoms with van der Waals surface area (Å²) in [4.78, 5) is 29.6. The van der Waals surface area contributed by atoms with E-state index in [9.17, 15) is 18.0 Å². The number of carbonyl (C=O) groups is 2. The van der Waals surface area contributed by atoms with E-state index in [0.29, 0.717) is 17.1 Å². The summed E-state index contributed by atoms with van der Waals surface area (Å²) in [5, 5.41) is 3.74. The minimum Gasteiger partial charge on any atom is -0.352 e. The molecule has 1 N–H and O–H groups in total. The highest BCUT2D eigenvalue weighted by Crippen LogP contribution is 2.26. The van der Waals surface area contributed by atoms with Gasteiger partial charge in [0, 0.05) is 24.0 Å². The Bertz CT molecular complexity index is 1460. The fourth-order valence-electron chi connectivity index (χ4n) is 5.31. The minimum absolute atomic E-state index is 0.0655. The average Bonchev–Trinajstić information content (AvgIpc) is 3.45. The summed E-state index contributed by atoms with van der Waals surface area (Å²) in [7, 11) is -3.82. The number of nitrogens with one attached hydrogen (secondary N) is 1. The maximum Gasteiger partial charge on any atom is 0.244 e. The fourth-order valence-corrected chi connectivity index (χ4v) is 6.33. The van der Waals surface area contributed by atoms with E-state index in [1.807, 2.05) is 62.4 Å². The normalized spacial score (nSPS) is 14.4. The molecule has 218 valence electrons. The molecule has 3 aromatic carbocycles. The van der Waals surface area contributed by atoms with Crippen LogP contribution in [0.2, 0.25) is 5.02 Å². The molecule has 1 saturated carbocycles. The molecule has 0 saturated heterocycles. The van der Waals surface area contributed by atoms with E-state index >= 15 is 0 Å². The van der Waals surface area contributed by atoms with Gasteiger partial charge in [-0.3, -0.25) is 13.9 Å². The number of aryl methyl sites for hydroxylation is 1. The minimum atomic E-state index is -3.82. The monoisotopic (exact) mass is 595 g/mol. The molecule has 4 rings (SSSR count). The molecule has 0 bridgehead atoms. The lowest BCUT2D eigenvalue weighted by molar-refractivity contribution is -0.140. The summed E-state index contributed by atoms with van der Waals surface area (Å²) in [6.07, 6.45) is 5.31. The average molecular weight is 596 g/mol. The van der Waals surface area contributed by atoms with Crippen molar-refractivity contribution in [3.8, 4) is 0 Å². The number of anilines is 1. The molecule has 9 heteroatoms. The van der Waals surface area contributed by atoms with Crippen molar-refractivity contribution in [2.45, 2.75) is 64.6 Å². The summed E-state index contributed by atoms with van der Waals surface area (Å²) >= 11 is 6.12. The SMILES string of the molecule is Cc1cccc(N(CC(=O)N(Cc2ccc(Cl)cc2)[C@@H](Cc2ccccc2)C(=O)NC2CCCC2)S(C)(=O)=O)c1C. The van der Waals surface area contributed by atoms with Crippen molar-refractivity contribution in [2.24, 2.45) is 0 Å². The number of hydrogen-bond donors (Lipinski definition) is 1. The van der Waals surface area contributed by atoms with Crippen molar-refractivity contribution in [2.75, 3.05) is 17.1 Å². The molecule has 3 aromatic rings. The highest BCUT2D eigenvalue weighted by Gasteiger charge is 2.34. The zero-order chi connectivity index (χ0) is 29.6. The van der Waals surface area contributed by atoms with Crippen molar-refractivity contribution in [1.29, 1.82) is 0 Å². The van der Waals surface area contributed by atoms with Crippen LogP contribution in [0, 0.1) is 13.8 Å². The Balaban J connectivity index is 1.74. The third-order valence-electron chi connectivity index (χ3n) is 7.76. The predicted octanol–water partition coefficient (Wildman–Crippen LogP) is 5.42. The van der Waals surface area contributed by atoms with Gasteiger partial charge in [0.15, 0.2) is 0 Å². The molecule has 0 radical (unpaired) electrons. The number of benzene rings is 3. The van der Waals surface area contributed by atoms with Crippen molar-refractivity contribution in [3.63, 3.8) is 0 Å². The number of sulfonamides is 1. The number of carbonyl (C=O) groups excluding carboxylic acids is 2. The van der Waals surface area contributed by atoms with Crippen molar-refractivity contribution in [3.05, 3.63) is 100 Å². The Morgan fingerprint density at radius 2 is 1.59 bits per heavy atom. The Morgan fingerprint density at radius 3 is 2.22 bits per heavy atom. The van der Waals surface area contributed by atoms with Crippen LogP contribution in [0.5, 0.6) is 0 Å². The summed E-state index contributed by atoms with van der Waals surface area (Å²) in [6.45, 7) is 3.43. The molecule has 0 aromatic heterocycles. The van der Waals surface area contributed by atoms with Gasteiger partial charge in [-0.05, 0) is 67.1 Å². The molecule has 0 spiro atoms. The first-order valence-corrected chi connectivity index (χ1v) is 16.2. The first-order chi connectivity index (χ1) is 19.5. The van der Waals surface area contributed by atoms with Crippen molar-refractivity contribution < 1.29 is 18.0 Å². The zero-order valence-corrected chi connectivity index (χ0v) is 25.4. The van der Waals surface area contributed by atoms with E-state index in [1.54, 1.807) is 24.3 Å². The van der Waals surface area contributed by atoms with Crippen LogP contribution in [0.25, 0.3) is 0 Å². The number of nitrogens with zero attached hydrogens (tertiary/aromatic N) is 2. The Morgan fingerprint density at radius 1 is 0.927 bits per heavy atom. The van der Waals surface area contributed by atoms with Crippen LogP contribution < -0.4 is 9.62 Å². The van der Waals surface area contributed by atoms with Crippen LogP contribution in [-0.4, -0.2) is 50.0 Å². The van der Waals surface area contributed by atoms with Gasteiger partial charge in [0.05, 0.1) is 11.9 Å². The lowest BCUT2D eigenvalue weighted by Gasteiger charge is -2.34. The first kappa shape index (κ1) is 30.6. The maximum atomic E-state index is 14.2. The highest BCUT2D eigenvalue weighted by atomic mass is 35.5. The van der Waals surface area contributed by atoms with E-state index in [-0.39, 0.29) is 18.5 Å². The fraction of sp³-hybridized carbons (Fsp3) is 0.375. The van der Waals surface area contributed by atoms with Crippen LogP contribution in [0.15, 0.2) is 72.8 Å². The molecule has 1 aliphatic rings. The Labute approximate surface area is 248 Å². The van der Waals surface area contributed by atoms with Gasteiger partial charge in [0.2, 0.25) is 21.8 Å². The molecule has 7 nitrogen and oxygen atoms in total. The van der Waals surface area contributed by atoms with Crippen LogP contribution >= 0.6 is 11.6 Å². The standard InChI is InChI=1S/C32H38ClN3O4S/c1-23-10-9-15-29(24(23)2)36(41(3,39)40)22-31(37)35(21-26-16-18-27(33)19-17-26)30(20-25-11-5-4-6-12-25)32(38)34-28-13-7-8-14-28/h4-6,9-12,15-19,28,30H,7-8,13-14,20-22H2,1-3H3,(H,34,38)/t30-/m0/s1. The molecule has 2 amide bonds. The van der Waals surface area contributed by atoms with Crippen LogP contribution in [0.1, 0.15) is 47.9 Å².